The average Bonchev–Trinajstić information content (AvgIpc) is 1.81. The van der Waals surface area contributed by atoms with Crippen molar-refractivity contribution in [3.05, 3.63) is 24.8 Å². The van der Waals surface area contributed by atoms with Crippen LogP contribution in [0.25, 0.3) is 0 Å². The minimum Gasteiger partial charge on any atom is -0.310 e. The summed E-state index contributed by atoms with van der Waals surface area (Å²) < 4.78 is 0. The number of hydrogen-bond acceptors (Lipinski definition) is 1. The molecule has 0 radical (unpaired) electrons. The summed E-state index contributed by atoms with van der Waals surface area (Å²) in [4.78, 5) is 0. The van der Waals surface area contributed by atoms with Gasteiger partial charge in [0.15, 0.2) is 0 Å². The molecular formula is C7H13N. The van der Waals surface area contributed by atoms with Crippen molar-refractivity contribution < 1.29 is 0 Å². The van der Waals surface area contributed by atoms with Crippen LogP contribution >= 0.6 is 0 Å². The standard InChI is InChI=1S/C7H13N/c1-3-5-7-8-6-4-2/h3-5,8H,2,6-7H2,1H3/b5-3+. The second-order valence-corrected chi connectivity index (χ2v) is 1.52. The van der Waals surface area contributed by atoms with Gasteiger partial charge in [0.05, 0.1) is 0 Å². The second kappa shape index (κ2) is 6.44. The molecule has 0 fully saturated rings. The van der Waals surface area contributed by atoms with Gasteiger partial charge in [-0.1, -0.05) is 18.2 Å². The highest BCUT2D eigenvalue weighted by atomic mass is 14.8. The Morgan fingerprint density at radius 3 is 2.75 bits per heavy atom. The van der Waals surface area contributed by atoms with Crippen LogP contribution in [-0.2, 0) is 0 Å². The fourth-order valence-electron chi connectivity index (χ4n) is 0.387. The summed E-state index contributed by atoms with van der Waals surface area (Å²) >= 11 is 0. The topological polar surface area (TPSA) is 12.0 Å². The lowest BCUT2D eigenvalue weighted by atomic mass is 10.5. The van der Waals surface area contributed by atoms with Crippen molar-refractivity contribution in [1.82, 2.24) is 5.32 Å². The van der Waals surface area contributed by atoms with E-state index < -0.39 is 0 Å². The molecular weight excluding hydrogens is 98.1 g/mol. The molecule has 1 nitrogen and oxygen atoms in total. The van der Waals surface area contributed by atoms with Gasteiger partial charge in [-0.05, 0) is 6.92 Å². The predicted octanol–water partition coefficient (Wildman–Crippen LogP) is 1.34. The van der Waals surface area contributed by atoms with Crippen molar-refractivity contribution in [2.24, 2.45) is 0 Å². The molecule has 46 valence electrons. The van der Waals surface area contributed by atoms with Gasteiger partial charge in [0.1, 0.15) is 0 Å². The van der Waals surface area contributed by atoms with Gasteiger partial charge in [-0.15, -0.1) is 6.58 Å². The highest BCUT2D eigenvalue weighted by Gasteiger charge is 1.71. The van der Waals surface area contributed by atoms with Crippen LogP contribution in [0.1, 0.15) is 6.92 Å². The third kappa shape index (κ3) is 5.44. The molecule has 0 aromatic rings. The highest BCUT2D eigenvalue weighted by molar-refractivity contribution is 4.81. The molecule has 0 saturated heterocycles. The first kappa shape index (κ1) is 7.44. The molecule has 0 bridgehead atoms. The van der Waals surface area contributed by atoms with E-state index in [1.165, 1.54) is 0 Å². The van der Waals surface area contributed by atoms with Crippen LogP contribution in [-0.4, -0.2) is 13.1 Å². The third-order valence-electron chi connectivity index (χ3n) is 0.787. The van der Waals surface area contributed by atoms with E-state index in [4.69, 9.17) is 0 Å². The van der Waals surface area contributed by atoms with E-state index in [-0.39, 0.29) is 0 Å². The van der Waals surface area contributed by atoms with Crippen molar-refractivity contribution in [3.63, 3.8) is 0 Å². The summed E-state index contributed by atoms with van der Waals surface area (Å²) in [6, 6.07) is 0. The minimum absolute atomic E-state index is 0.893. The van der Waals surface area contributed by atoms with Crippen LogP contribution < -0.4 is 5.32 Å². The first-order chi connectivity index (χ1) is 3.91. The molecule has 0 aromatic carbocycles. The summed E-state index contributed by atoms with van der Waals surface area (Å²) in [5, 5.41) is 3.13. The van der Waals surface area contributed by atoms with Crippen molar-refractivity contribution in [1.29, 1.82) is 0 Å². The first-order valence-electron chi connectivity index (χ1n) is 2.84. The SMILES string of the molecule is C=CCNC/C=C/C. The predicted molar refractivity (Wildman–Crippen MR) is 37.9 cm³/mol. The molecule has 0 aliphatic rings. The van der Waals surface area contributed by atoms with E-state index >= 15 is 0 Å². The average molecular weight is 111 g/mol. The molecule has 0 aliphatic heterocycles. The zero-order valence-corrected chi connectivity index (χ0v) is 5.35. The number of hydrogen-bond donors (Lipinski definition) is 1. The highest BCUT2D eigenvalue weighted by Crippen LogP contribution is 1.66. The maximum Gasteiger partial charge on any atom is 0.0137 e. The molecule has 0 aromatic heterocycles. The Bertz CT molecular complexity index is 74.5. The number of nitrogens with one attached hydrogen (secondary N) is 1. The van der Waals surface area contributed by atoms with Gasteiger partial charge < -0.3 is 5.32 Å². The van der Waals surface area contributed by atoms with Gasteiger partial charge in [-0.25, -0.2) is 0 Å². The summed E-state index contributed by atoms with van der Waals surface area (Å²) in [6.07, 6.45) is 5.95. The molecule has 1 heteroatoms. The maximum atomic E-state index is 3.57. The van der Waals surface area contributed by atoms with Crippen molar-refractivity contribution in [2.75, 3.05) is 13.1 Å². The molecule has 0 rings (SSSR count). The van der Waals surface area contributed by atoms with E-state index in [0.29, 0.717) is 0 Å². The van der Waals surface area contributed by atoms with Crippen LogP contribution in [0.2, 0.25) is 0 Å². The Morgan fingerprint density at radius 1 is 1.50 bits per heavy atom. The fourth-order valence-corrected chi connectivity index (χ4v) is 0.387. The van der Waals surface area contributed by atoms with Crippen molar-refractivity contribution >= 4 is 0 Å². The van der Waals surface area contributed by atoms with Crippen LogP contribution in [0.4, 0.5) is 0 Å². The van der Waals surface area contributed by atoms with E-state index in [2.05, 4.69) is 18.0 Å². The van der Waals surface area contributed by atoms with Crippen LogP contribution in [0.5, 0.6) is 0 Å². The number of allylic oxidation sites excluding steroid dienone is 1. The van der Waals surface area contributed by atoms with Gasteiger partial charge in [0.25, 0.3) is 0 Å². The van der Waals surface area contributed by atoms with Gasteiger partial charge >= 0.3 is 0 Å². The summed E-state index contributed by atoms with van der Waals surface area (Å²) in [6.45, 7) is 7.42. The second-order valence-electron chi connectivity index (χ2n) is 1.52. The van der Waals surface area contributed by atoms with Gasteiger partial charge in [0, 0.05) is 13.1 Å². The minimum atomic E-state index is 0.893. The normalized spacial score (nSPS) is 10.1. The summed E-state index contributed by atoms with van der Waals surface area (Å²) in [5.41, 5.74) is 0. The van der Waals surface area contributed by atoms with E-state index in [1.54, 1.807) is 0 Å². The van der Waals surface area contributed by atoms with E-state index in [9.17, 15) is 0 Å². The largest absolute Gasteiger partial charge is 0.310 e. The maximum absolute atomic E-state index is 3.57. The van der Waals surface area contributed by atoms with Gasteiger partial charge in [-0.3, -0.25) is 0 Å². The zero-order chi connectivity index (χ0) is 6.24. The quantitative estimate of drug-likeness (QED) is 0.426. The Kier molecular flexibility index (Phi) is 5.99. The lowest BCUT2D eigenvalue weighted by Gasteiger charge is -1.91. The lowest BCUT2D eigenvalue weighted by Crippen LogP contribution is -2.12. The molecule has 0 aliphatic carbocycles. The first-order valence-corrected chi connectivity index (χ1v) is 2.84. The molecule has 0 spiro atoms. The third-order valence-corrected chi connectivity index (χ3v) is 0.787. The lowest BCUT2D eigenvalue weighted by molar-refractivity contribution is 0.843. The van der Waals surface area contributed by atoms with Crippen molar-refractivity contribution in [3.8, 4) is 0 Å². The molecule has 8 heavy (non-hydrogen) atoms. The van der Waals surface area contributed by atoms with Crippen LogP contribution in [0, 0.1) is 0 Å². The molecule has 0 atom stereocenters. The molecule has 1 N–H and O–H groups in total. The smallest absolute Gasteiger partial charge is 0.0137 e. The van der Waals surface area contributed by atoms with E-state index in [0.717, 1.165) is 13.1 Å². The number of rotatable bonds is 4. The zero-order valence-electron chi connectivity index (χ0n) is 5.35. The Balaban J connectivity index is 2.82. The Morgan fingerprint density at radius 2 is 2.25 bits per heavy atom. The Hall–Kier alpha value is -0.560. The van der Waals surface area contributed by atoms with Gasteiger partial charge in [0.2, 0.25) is 0 Å². The molecule has 0 amide bonds. The summed E-state index contributed by atoms with van der Waals surface area (Å²) in [7, 11) is 0. The summed E-state index contributed by atoms with van der Waals surface area (Å²) in [5.74, 6) is 0. The van der Waals surface area contributed by atoms with Crippen LogP contribution in [0.15, 0.2) is 24.8 Å². The fraction of sp³-hybridized carbons (Fsp3) is 0.429. The molecule has 0 saturated carbocycles. The van der Waals surface area contributed by atoms with Crippen LogP contribution in [0.3, 0.4) is 0 Å². The van der Waals surface area contributed by atoms with E-state index in [1.807, 2.05) is 19.1 Å². The Labute approximate surface area is 51.1 Å². The van der Waals surface area contributed by atoms with Crippen molar-refractivity contribution in [2.45, 2.75) is 6.92 Å². The monoisotopic (exact) mass is 111 g/mol. The van der Waals surface area contributed by atoms with Gasteiger partial charge in [-0.2, -0.15) is 0 Å². The molecule has 0 unspecified atom stereocenters. The molecule has 0 heterocycles.